The molecular formula is C16H25IN6O2S2. The molecule has 2 heterocycles. The lowest BCUT2D eigenvalue weighted by atomic mass is 10.4. The molecular weight excluding hydrogens is 499 g/mol. The highest BCUT2D eigenvalue weighted by molar-refractivity contribution is 14.0. The molecule has 0 spiro atoms. The van der Waals surface area contributed by atoms with Gasteiger partial charge in [0.25, 0.3) is 0 Å². The van der Waals surface area contributed by atoms with E-state index in [1.165, 1.54) is 23.3 Å². The number of sulfonamides is 1. The average molecular weight is 524 g/mol. The largest absolute Gasteiger partial charge is 0.357 e. The molecule has 0 bridgehead atoms. The molecule has 2 aromatic heterocycles. The summed E-state index contributed by atoms with van der Waals surface area (Å²) in [6, 6.07) is 3.10. The molecule has 27 heavy (non-hydrogen) atoms. The van der Waals surface area contributed by atoms with E-state index in [9.17, 15) is 8.42 Å². The fourth-order valence-corrected chi connectivity index (χ4v) is 3.81. The van der Waals surface area contributed by atoms with Crippen LogP contribution in [0.1, 0.15) is 23.7 Å². The fraction of sp³-hybridized carbons (Fsp3) is 0.438. The standard InChI is InChI=1S/C16H24N6O2S2.HI/c1-3-13-10-20-15(25-13)12-21-16(18-4-2)19-8-9-22-26(23,24)14-6-5-7-17-11-14;/h5-7,10-11,22H,3-4,8-9,12H2,1-2H3,(H2,18,19,21);1H. The molecule has 0 atom stereocenters. The number of thiazole rings is 1. The smallest absolute Gasteiger partial charge is 0.242 e. The van der Waals surface area contributed by atoms with Gasteiger partial charge in [0.15, 0.2) is 5.96 Å². The predicted molar refractivity (Wildman–Crippen MR) is 119 cm³/mol. The average Bonchev–Trinajstić information content (AvgIpc) is 3.12. The minimum atomic E-state index is -3.55. The molecule has 0 saturated carbocycles. The number of halogens is 1. The van der Waals surface area contributed by atoms with E-state index in [2.05, 4.69) is 37.2 Å². The minimum absolute atomic E-state index is 0. The Morgan fingerprint density at radius 1 is 1.22 bits per heavy atom. The van der Waals surface area contributed by atoms with Crippen LogP contribution in [0.4, 0.5) is 0 Å². The normalized spacial score (nSPS) is 11.7. The van der Waals surface area contributed by atoms with Crippen molar-refractivity contribution in [2.24, 2.45) is 4.99 Å². The highest BCUT2D eigenvalue weighted by Crippen LogP contribution is 2.13. The van der Waals surface area contributed by atoms with Gasteiger partial charge in [-0.05, 0) is 25.5 Å². The van der Waals surface area contributed by atoms with Crippen LogP contribution in [0.2, 0.25) is 0 Å². The number of guanidine groups is 1. The van der Waals surface area contributed by atoms with Crippen LogP contribution in [0.5, 0.6) is 0 Å². The molecule has 11 heteroatoms. The van der Waals surface area contributed by atoms with Crippen molar-refractivity contribution < 1.29 is 8.42 Å². The van der Waals surface area contributed by atoms with Crippen LogP contribution in [-0.4, -0.2) is 44.0 Å². The Balaban J connectivity index is 0.00000364. The van der Waals surface area contributed by atoms with Gasteiger partial charge in [-0.2, -0.15) is 0 Å². The second-order valence-corrected chi connectivity index (χ2v) is 8.25. The molecule has 3 N–H and O–H groups in total. The quantitative estimate of drug-likeness (QED) is 0.200. The number of aryl methyl sites for hydroxylation is 1. The third-order valence-corrected chi connectivity index (χ3v) is 5.89. The number of nitrogens with zero attached hydrogens (tertiary/aromatic N) is 3. The molecule has 0 unspecified atom stereocenters. The summed E-state index contributed by atoms with van der Waals surface area (Å²) < 4.78 is 26.8. The van der Waals surface area contributed by atoms with Gasteiger partial charge < -0.3 is 10.6 Å². The van der Waals surface area contributed by atoms with E-state index >= 15 is 0 Å². The molecule has 2 rings (SSSR count). The number of nitrogens with one attached hydrogen (secondary N) is 3. The van der Waals surface area contributed by atoms with E-state index in [0.29, 0.717) is 25.6 Å². The van der Waals surface area contributed by atoms with Gasteiger partial charge in [0, 0.05) is 43.1 Å². The monoisotopic (exact) mass is 524 g/mol. The molecule has 0 aromatic carbocycles. The third kappa shape index (κ3) is 8.07. The van der Waals surface area contributed by atoms with Crippen LogP contribution >= 0.6 is 35.3 Å². The second kappa shape index (κ2) is 12.2. The molecule has 0 aliphatic carbocycles. The summed E-state index contributed by atoms with van der Waals surface area (Å²) in [5.41, 5.74) is 0. The molecule has 8 nitrogen and oxygen atoms in total. The van der Waals surface area contributed by atoms with Gasteiger partial charge in [0.05, 0.1) is 6.54 Å². The Morgan fingerprint density at radius 3 is 2.67 bits per heavy atom. The van der Waals surface area contributed by atoms with Crippen LogP contribution in [0.3, 0.4) is 0 Å². The summed E-state index contributed by atoms with van der Waals surface area (Å²) in [5, 5.41) is 7.20. The molecule has 2 aromatic rings. The zero-order valence-electron chi connectivity index (χ0n) is 15.3. The lowest BCUT2D eigenvalue weighted by Crippen LogP contribution is -2.41. The molecule has 0 fully saturated rings. The Hall–Kier alpha value is -1.31. The lowest BCUT2D eigenvalue weighted by molar-refractivity contribution is 0.580. The first-order chi connectivity index (χ1) is 12.5. The van der Waals surface area contributed by atoms with Crippen molar-refractivity contribution in [3.63, 3.8) is 0 Å². The molecule has 0 saturated heterocycles. The van der Waals surface area contributed by atoms with Crippen LogP contribution in [0, 0.1) is 0 Å². The van der Waals surface area contributed by atoms with Crippen LogP contribution in [0.25, 0.3) is 0 Å². The van der Waals surface area contributed by atoms with E-state index in [1.54, 1.807) is 17.4 Å². The summed E-state index contributed by atoms with van der Waals surface area (Å²) in [4.78, 5) is 14.0. The first-order valence-corrected chi connectivity index (χ1v) is 10.7. The van der Waals surface area contributed by atoms with Gasteiger partial charge in [-0.25, -0.2) is 23.1 Å². The zero-order valence-corrected chi connectivity index (χ0v) is 19.3. The van der Waals surface area contributed by atoms with Gasteiger partial charge in [0.2, 0.25) is 10.0 Å². The third-order valence-electron chi connectivity index (χ3n) is 3.32. The number of pyridine rings is 1. The highest BCUT2D eigenvalue weighted by Gasteiger charge is 2.12. The summed E-state index contributed by atoms with van der Waals surface area (Å²) >= 11 is 1.65. The van der Waals surface area contributed by atoms with Gasteiger partial charge in [-0.15, -0.1) is 35.3 Å². The van der Waals surface area contributed by atoms with Crippen molar-refractivity contribution >= 4 is 51.3 Å². The van der Waals surface area contributed by atoms with E-state index in [-0.39, 0.29) is 35.4 Å². The molecule has 0 radical (unpaired) electrons. The van der Waals surface area contributed by atoms with Crippen LogP contribution in [-0.2, 0) is 23.0 Å². The van der Waals surface area contributed by atoms with Crippen molar-refractivity contribution in [1.82, 2.24) is 25.3 Å². The number of hydrogen-bond acceptors (Lipinski definition) is 6. The van der Waals surface area contributed by atoms with Crippen LogP contribution < -0.4 is 15.4 Å². The molecule has 150 valence electrons. The van der Waals surface area contributed by atoms with Crippen molar-refractivity contribution in [3.05, 3.63) is 40.6 Å². The Bertz CT molecular complexity index is 811. The van der Waals surface area contributed by atoms with E-state index in [0.717, 1.165) is 11.4 Å². The van der Waals surface area contributed by atoms with Gasteiger partial charge in [-0.3, -0.25) is 4.98 Å². The Labute approximate surface area is 181 Å². The number of rotatable bonds is 9. The van der Waals surface area contributed by atoms with Gasteiger partial charge >= 0.3 is 0 Å². The number of hydrogen-bond donors (Lipinski definition) is 3. The second-order valence-electron chi connectivity index (χ2n) is 5.28. The summed E-state index contributed by atoms with van der Waals surface area (Å²) in [6.07, 6.45) is 5.70. The van der Waals surface area contributed by atoms with Crippen LogP contribution in [0.15, 0.2) is 40.6 Å². The predicted octanol–water partition coefficient (Wildman–Crippen LogP) is 1.75. The maximum Gasteiger partial charge on any atom is 0.242 e. The topological polar surface area (TPSA) is 108 Å². The van der Waals surface area contributed by atoms with E-state index < -0.39 is 10.0 Å². The highest BCUT2D eigenvalue weighted by atomic mass is 127. The number of aromatic nitrogens is 2. The van der Waals surface area contributed by atoms with Crippen molar-refractivity contribution in [2.45, 2.75) is 31.7 Å². The summed E-state index contributed by atoms with van der Waals surface area (Å²) in [7, 11) is -3.55. The lowest BCUT2D eigenvalue weighted by Gasteiger charge is -2.11. The summed E-state index contributed by atoms with van der Waals surface area (Å²) in [6.45, 7) is 5.91. The summed E-state index contributed by atoms with van der Waals surface area (Å²) in [5.74, 6) is 0.626. The Kier molecular flexibility index (Phi) is 10.7. The minimum Gasteiger partial charge on any atom is -0.357 e. The first kappa shape index (κ1) is 23.7. The van der Waals surface area contributed by atoms with Crippen molar-refractivity contribution in [1.29, 1.82) is 0 Å². The molecule has 0 amide bonds. The number of aliphatic imine (C=N–C) groups is 1. The maximum absolute atomic E-state index is 12.1. The maximum atomic E-state index is 12.1. The van der Waals surface area contributed by atoms with Gasteiger partial charge in [0.1, 0.15) is 9.90 Å². The van der Waals surface area contributed by atoms with Crippen molar-refractivity contribution in [3.8, 4) is 0 Å². The van der Waals surface area contributed by atoms with Gasteiger partial charge in [-0.1, -0.05) is 6.92 Å². The molecule has 0 aliphatic rings. The van der Waals surface area contributed by atoms with E-state index in [1.807, 2.05) is 13.1 Å². The molecule has 0 aliphatic heterocycles. The van der Waals surface area contributed by atoms with E-state index in [4.69, 9.17) is 0 Å². The fourth-order valence-electron chi connectivity index (χ4n) is 2.03. The van der Waals surface area contributed by atoms with Crippen molar-refractivity contribution in [2.75, 3.05) is 19.6 Å². The SMILES string of the molecule is CCNC(=NCc1ncc(CC)s1)NCCNS(=O)(=O)c1cccnc1.I. The zero-order chi connectivity index (χ0) is 18.8. The Morgan fingerprint density at radius 2 is 2.04 bits per heavy atom. The first-order valence-electron chi connectivity index (χ1n) is 8.40.